The smallest absolute Gasteiger partial charge is 0.319 e. The van der Waals surface area contributed by atoms with Gasteiger partial charge >= 0.3 is 6.03 Å². The van der Waals surface area contributed by atoms with E-state index < -0.39 is 0 Å². The first-order valence-electron chi connectivity index (χ1n) is 7.98. The first-order chi connectivity index (χ1) is 11.1. The van der Waals surface area contributed by atoms with Crippen LogP contribution in [-0.4, -0.2) is 33.1 Å². The Hall–Kier alpha value is -2.34. The van der Waals surface area contributed by atoms with E-state index in [0.29, 0.717) is 0 Å². The Morgan fingerprint density at radius 1 is 1.26 bits per heavy atom. The molecule has 1 aromatic heterocycles. The minimum atomic E-state index is -0.217. The zero-order valence-corrected chi connectivity index (χ0v) is 13.2. The number of nitrogens with one attached hydrogen (secondary N) is 2. The monoisotopic (exact) mass is 314 g/mol. The Labute approximate surface area is 135 Å². The Morgan fingerprint density at radius 3 is 2.74 bits per heavy atom. The van der Waals surface area contributed by atoms with Gasteiger partial charge in [-0.05, 0) is 56.9 Å². The van der Waals surface area contributed by atoms with E-state index in [1.54, 1.807) is 6.20 Å². The molecular formula is C17H22N4O2. The number of anilines is 1. The van der Waals surface area contributed by atoms with E-state index in [0.717, 1.165) is 42.8 Å². The van der Waals surface area contributed by atoms with E-state index in [4.69, 9.17) is 0 Å². The molecule has 0 saturated heterocycles. The van der Waals surface area contributed by atoms with Crippen LogP contribution in [0.25, 0.3) is 5.69 Å². The van der Waals surface area contributed by atoms with Crippen molar-refractivity contribution >= 4 is 11.7 Å². The second kappa shape index (κ2) is 6.83. The Morgan fingerprint density at radius 2 is 2.04 bits per heavy atom. The summed E-state index contributed by atoms with van der Waals surface area (Å²) in [6.07, 6.45) is 4.67. The third-order valence-electron chi connectivity index (χ3n) is 4.21. The SMILES string of the molecule is Cc1ccnn1-c1cccc(NC(=O)NC2CCC(O)CC2)c1. The van der Waals surface area contributed by atoms with Crippen LogP contribution in [0.1, 0.15) is 31.4 Å². The molecule has 1 aliphatic carbocycles. The third-order valence-corrected chi connectivity index (χ3v) is 4.21. The average molecular weight is 314 g/mol. The van der Waals surface area contributed by atoms with Gasteiger partial charge in [-0.3, -0.25) is 0 Å². The normalized spacial score (nSPS) is 21.0. The topological polar surface area (TPSA) is 79.2 Å². The van der Waals surface area contributed by atoms with Gasteiger partial charge in [-0.25, -0.2) is 9.48 Å². The van der Waals surface area contributed by atoms with Crippen molar-refractivity contribution in [2.75, 3.05) is 5.32 Å². The number of amides is 2. The summed E-state index contributed by atoms with van der Waals surface area (Å²) in [5.74, 6) is 0. The lowest BCUT2D eigenvalue weighted by Crippen LogP contribution is -2.40. The number of benzene rings is 1. The molecule has 3 rings (SSSR count). The van der Waals surface area contributed by atoms with Crippen LogP contribution in [0.15, 0.2) is 36.5 Å². The molecule has 0 radical (unpaired) electrons. The van der Waals surface area contributed by atoms with Gasteiger partial charge in [0.25, 0.3) is 0 Å². The van der Waals surface area contributed by atoms with Crippen molar-refractivity contribution in [3.63, 3.8) is 0 Å². The lowest BCUT2D eigenvalue weighted by Gasteiger charge is -2.26. The fourth-order valence-corrected chi connectivity index (χ4v) is 2.93. The quantitative estimate of drug-likeness (QED) is 0.815. The zero-order chi connectivity index (χ0) is 16.2. The molecule has 0 aliphatic heterocycles. The minimum Gasteiger partial charge on any atom is -0.393 e. The van der Waals surface area contributed by atoms with Crippen molar-refractivity contribution in [3.05, 3.63) is 42.2 Å². The summed E-state index contributed by atoms with van der Waals surface area (Å²) < 4.78 is 1.83. The summed E-state index contributed by atoms with van der Waals surface area (Å²) in [6, 6.07) is 9.45. The molecule has 1 fully saturated rings. The van der Waals surface area contributed by atoms with Crippen LogP contribution in [0.2, 0.25) is 0 Å². The number of rotatable bonds is 3. The van der Waals surface area contributed by atoms with Crippen LogP contribution >= 0.6 is 0 Å². The van der Waals surface area contributed by atoms with Crippen molar-refractivity contribution in [2.45, 2.75) is 44.8 Å². The first-order valence-corrected chi connectivity index (χ1v) is 7.98. The predicted molar refractivity (Wildman–Crippen MR) is 88.7 cm³/mol. The Balaban J connectivity index is 1.62. The largest absolute Gasteiger partial charge is 0.393 e. The summed E-state index contributed by atoms with van der Waals surface area (Å²) in [5.41, 5.74) is 2.67. The molecule has 6 heteroatoms. The Kier molecular flexibility index (Phi) is 4.62. The van der Waals surface area contributed by atoms with E-state index in [9.17, 15) is 9.90 Å². The third kappa shape index (κ3) is 3.90. The number of hydrogen-bond acceptors (Lipinski definition) is 3. The molecule has 3 N–H and O–H groups in total. The number of aliphatic hydroxyl groups excluding tert-OH is 1. The van der Waals surface area contributed by atoms with Gasteiger partial charge in [0.05, 0.1) is 11.8 Å². The number of aryl methyl sites for hydroxylation is 1. The van der Waals surface area contributed by atoms with Crippen LogP contribution in [0.3, 0.4) is 0 Å². The minimum absolute atomic E-state index is 0.134. The molecule has 1 saturated carbocycles. The number of carbonyl (C=O) groups excluding carboxylic acids is 1. The second-order valence-corrected chi connectivity index (χ2v) is 6.04. The molecule has 2 aromatic rings. The highest BCUT2D eigenvalue weighted by Crippen LogP contribution is 2.19. The standard InChI is InChI=1S/C17H22N4O2/c1-12-9-10-18-21(12)15-4-2-3-14(11-15)20-17(23)19-13-5-7-16(22)8-6-13/h2-4,9-11,13,16,22H,5-8H2,1H3,(H2,19,20,23). The lowest BCUT2D eigenvalue weighted by molar-refractivity contribution is 0.118. The molecule has 1 aromatic carbocycles. The zero-order valence-electron chi connectivity index (χ0n) is 13.2. The van der Waals surface area contributed by atoms with Gasteiger partial charge in [0.2, 0.25) is 0 Å². The van der Waals surface area contributed by atoms with Gasteiger partial charge in [0.1, 0.15) is 0 Å². The number of nitrogens with zero attached hydrogens (tertiary/aromatic N) is 2. The van der Waals surface area contributed by atoms with Crippen LogP contribution < -0.4 is 10.6 Å². The van der Waals surface area contributed by atoms with Crippen molar-refractivity contribution in [3.8, 4) is 5.69 Å². The highest BCUT2D eigenvalue weighted by molar-refractivity contribution is 5.89. The van der Waals surface area contributed by atoms with Crippen molar-refractivity contribution in [2.24, 2.45) is 0 Å². The lowest BCUT2D eigenvalue weighted by atomic mass is 9.93. The second-order valence-electron chi connectivity index (χ2n) is 6.04. The molecule has 0 bridgehead atoms. The first kappa shape index (κ1) is 15.6. The highest BCUT2D eigenvalue weighted by atomic mass is 16.3. The van der Waals surface area contributed by atoms with E-state index >= 15 is 0 Å². The summed E-state index contributed by atoms with van der Waals surface area (Å²) in [4.78, 5) is 12.1. The fourth-order valence-electron chi connectivity index (χ4n) is 2.93. The van der Waals surface area contributed by atoms with Gasteiger partial charge in [-0.15, -0.1) is 0 Å². The fraction of sp³-hybridized carbons (Fsp3) is 0.412. The maximum absolute atomic E-state index is 12.1. The molecule has 0 unspecified atom stereocenters. The summed E-state index contributed by atoms with van der Waals surface area (Å²) in [6.45, 7) is 1.98. The van der Waals surface area contributed by atoms with Crippen LogP contribution in [0.5, 0.6) is 0 Å². The van der Waals surface area contributed by atoms with Crippen LogP contribution in [0.4, 0.5) is 10.5 Å². The Bertz CT molecular complexity index is 675. The van der Waals surface area contributed by atoms with Gasteiger partial charge in [0, 0.05) is 23.6 Å². The van der Waals surface area contributed by atoms with Crippen molar-refractivity contribution < 1.29 is 9.90 Å². The summed E-state index contributed by atoms with van der Waals surface area (Å²) in [7, 11) is 0. The molecule has 122 valence electrons. The molecule has 6 nitrogen and oxygen atoms in total. The molecule has 1 aliphatic rings. The predicted octanol–water partition coefficient (Wildman–Crippen LogP) is 2.61. The van der Waals surface area contributed by atoms with E-state index in [2.05, 4.69) is 15.7 Å². The van der Waals surface area contributed by atoms with Crippen molar-refractivity contribution in [1.82, 2.24) is 15.1 Å². The highest BCUT2D eigenvalue weighted by Gasteiger charge is 2.20. The number of aliphatic hydroxyl groups is 1. The van der Waals surface area contributed by atoms with E-state index in [1.807, 2.05) is 41.9 Å². The molecule has 0 atom stereocenters. The number of aromatic nitrogens is 2. The van der Waals surface area contributed by atoms with E-state index in [-0.39, 0.29) is 18.2 Å². The molecule has 23 heavy (non-hydrogen) atoms. The molecular weight excluding hydrogens is 292 g/mol. The number of hydrogen-bond donors (Lipinski definition) is 3. The van der Waals surface area contributed by atoms with E-state index in [1.165, 1.54) is 0 Å². The van der Waals surface area contributed by atoms with Gasteiger partial charge in [-0.2, -0.15) is 5.10 Å². The van der Waals surface area contributed by atoms with Gasteiger partial charge in [-0.1, -0.05) is 6.07 Å². The van der Waals surface area contributed by atoms with Gasteiger partial charge in [0.15, 0.2) is 0 Å². The summed E-state index contributed by atoms with van der Waals surface area (Å²) >= 11 is 0. The number of carbonyl (C=O) groups is 1. The molecule has 1 heterocycles. The molecule has 2 amide bonds. The van der Waals surface area contributed by atoms with Crippen LogP contribution in [0, 0.1) is 6.92 Å². The maximum atomic E-state index is 12.1. The molecule has 0 spiro atoms. The summed E-state index contributed by atoms with van der Waals surface area (Å²) in [5, 5.41) is 19.6. The van der Waals surface area contributed by atoms with Crippen molar-refractivity contribution in [1.29, 1.82) is 0 Å². The van der Waals surface area contributed by atoms with Gasteiger partial charge < -0.3 is 15.7 Å². The maximum Gasteiger partial charge on any atom is 0.319 e. The average Bonchev–Trinajstić information content (AvgIpc) is 2.96. The van der Waals surface area contributed by atoms with Crippen LogP contribution in [-0.2, 0) is 0 Å². The number of urea groups is 1.